The first-order chi connectivity index (χ1) is 5.06. The van der Waals surface area contributed by atoms with Crippen molar-refractivity contribution in [3.63, 3.8) is 0 Å². The van der Waals surface area contributed by atoms with Crippen LogP contribution in [-0.4, -0.2) is 24.9 Å². The fourth-order valence-corrected chi connectivity index (χ4v) is 1.24. The molecule has 1 heterocycles. The van der Waals surface area contributed by atoms with Crippen LogP contribution in [-0.2, 0) is 9.47 Å². The van der Waals surface area contributed by atoms with Gasteiger partial charge in [0.25, 0.3) is 0 Å². The van der Waals surface area contributed by atoms with E-state index in [1.54, 1.807) is 7.11 Å². The van der Waals surface area contributed by atoms with Gasteiger partial charge in [-0.2, -0.15) is 0 Å². The fraction of sp³-hybridized carbons (Fsp3) is 1.00. The van der Waals surface area contributed by atoms with Crippen molar-refractivity contribution >= 4 is 0 Å². The van der Waals surface area contributed by atoms with Crippen molar-refractivity contribution in [1.29, 1.82) is 0 Å². The van der Waals surface area contributed by atoms with Gasteiger partial charge in [0, 0.05) is 7.11 Å². The molecule has 0 aromatic rings. The Kier molecular flexibility index (Phi) is 2.55. The van der Waals surface area contributed by atoms with Gasteiger partial charge in [-0.3, -0.25) is 0 Å². The second kappa shape index (κ2) is 3.11. The van der Waals surface area contributed by atoms with Gasteiger partial charge in [0.2, 0.25) is 0 Å². The van der Waals surface area contributed by atoms with Crippen LogP contribution < -0.4 is 0 Å². The van der Waals surface area contributed by atoms with Crippen molar-refractivity contribution in [3.05, 3.63) is 0 Å². The Bertz CT molecular complexity index is 132. The van der Waals surface area contributed by atoms with Crippen molar-refractivity contribution in [3.8, 4) is 0 Å². The summed E-state index contributed by atoms with van der Waals surface area (Å²) >= 11 is 0. The molecule has 11 heavy (non-hydrogen) atoms. The molecule has 1 rings (SSSR count). The molecule has 1 saturated heterocycles. The molecule has 0 amide bonds. The smallest absolute Gasteiger partial charge is 0.0892 e. The monoisotopic (exact) mass is 158 g/mol. The molecule has 0 aromatic heterocycles. The second-order valence-corrected chi connectivity index (χ2v) is 3.83. The highest BCUT2D eigenvalue weighted by Crippen LogP contribution is 2.38. The Morgan fingerprint density at radius 2 is 2.09 bits per heavy atom. The lowest BCUT2D eigenvalue weighted by Gasteiger charge is -2.07. The largest absolute Gasteiger partial charge is 0.382 e. The van der Waals surface area contributed by atoms with Gasteiger partial charge >= 0.3 is 0 Å². The van der Waals surface area contributed by atoms with Crippen LogP contribution in [0.25, 0.3) is 0 Å². The minimum Gasteiger partial charge on any atom is -0.382 e. The summed E-state index contributed by atoms with van der Waals surface area (Å²) in [5.41, 5.74) is 0.146. The molecular formula is C9H18O2. The minimum atomic E-state index is 0.146. The van der Waals surface area contributed by atoms with Gasteiger partial charge in [-0.25, -0.2) is 0 Å². The average molecular weight is 158 g/mol. The van der Waals surface area contributed by atoms with E-state index >= 15 is 0 Å². The second-order valence-electron chi connectivity index (χ2n) is 3.83. The number of ether oxygens (including phenoxy) is 2. The van der Waals surface area contributed by atoms with E-state index in [4.69, 9.17) is 9.47 Å². The van der Waals surface area contributed by atoms with E-state index in [0.717, 1.165) is 12.8 Å². The SMILES string of the molecule is COC(C)CCC1OC1(C)C. The molecule has 0 saturated carbocycles. The first kappa shape index (κ1) is 9.01. The van der Waals surface area contributed by atoms with Gasteiger partial charge in [0.1, 0.15) is 0 Å². The molecule has 0 spiro atoms. The number of methoxy groups -OCH3 is 1. The van der Waals surface area contributed by atoms with Crippen molar-refractivity contribution in [2.75, 3.05) is 7.11 Å². The highest BCUT2D eigenvalue weighted by Gasteiger charge is 2.46. The van der Waals surface area contributed by atoms with E-state index in [1.807, 2.05) is 0 Å². The molecule has 2 unspecified atom stereocenters. The number of hydrogen-bond acceptors (Lipinski definition) is 2. The molecule has 2 heteroatoms. The van der Waals surface area contributed by atoms with Gasteiger partial charge in [-0.15, -0.1) is 0 Å². The molecular weight excluding hydrogens is 140 g/mol. The van der Waals surface area contributed by atoms with Crippen molar-refractivity contribution in [1.82, 2.24) is 0 Å². The normalized spacial score (nSPS) is 30.0. The lowest BCUT2D eigenvalue weighted by molar-refractivity contribution is 0.107. The van der Waals surface area contributed by atoms with Crippen LogP contribution in [0.5, 0.6) is 0 Å². The van der Waals surface area contributed by atoms with E-state index in [2.05, 4.69) is 20.8 Å². The maximum Gasteiger partial charge on any atom is 0.0892 e. The van der Waals surface area contributed by atoms with Crippen molar-refractivity contribution in [2.24, 2.45) is 0 Å². The average Bonchev–Trinajstić information content (AvgIpc) is 2.54. The van der Waals surface area contributed by atoms with E-state index in [9.17, 15) is 0 Å². The lowest BCUT2D eigenvalue weighted by atomic mass is 10.0. The predicted molar refractivity (Wildman–Crippen MR) is 44.7 cm³/mol. The van der Waals surface area contributed by atoms with Crippen molar-refractivity contribution in [2.45, 2.75) is 51.4 Å². The third kappa shape index (κ3) is 2.46. The quantitative estimate of drug-likeness (QED) is 0.583. The molecule has 0 bridgehead atoms. The van der Waals surface area contributed by atoms with E-state index in [0.29, 0.717) is 12.2 Å². The third-order valence-corrected chi connectivity index (χ3v) is 2.40. The molecule has 1 aliphatic rings. The summed E-state index contributed by atoms with van der Waals surface area (Å²) in [6.45, 7) is 6.36. The Morgan fingerprint density at radius 1 is 1.55 bits per heavy atom. The summed E-state index contributed by atoms with van der Waals surface area (Å²) in [6.07, 6.45) is 3.07. The van der Waals surface area contributed by atoms with Crippen LogP contribution in [0.2, 0.25) is 0 Å². The van der Waals surface area contributed by atoms with E-state index in [-0.39, 0.29) is 5.60 Å². The number of rotatable bonds is 4. The topological polar surface area (TPSA) is 21.8 Å². The first-order valence-electron chi connectivity index (χ1n) is 4.27. The van der Waals surface area contributed by atoms with Gasteiger partial charge < -0.3 is 9.47 Å². The van der Waals surface area contributed by atoms with Gasteiger partial charge in [0.05, 0.1) is 17.8 Å². The molecule has 0 aromatic carbocycles. The standard InChI is InChI=1S/C9H18O2/c1-7(10-4)5-6-8-9(2,3)11-8/h7-8H,5-6H2,1-4H3. The summed E-state index contributed by atoms with van der Waals surface area (Å²) in [7, 11) is 1.75. The van der Waals surface area contributed by atoms with Crippen LogP contribution in [0.1, 0.15) is 33.6 Å². The predicted octanol–water partition coefficient (Wildman–Crippen LogP) is 1.98. The number of epoxide rings is 1. The molecule has 66 valence electrons. The van der Waals surface area contributed by atoms with Gasteiger partial charge in [-0.1, -0.05) is 0 Å². The summed E-state index contributed by atoms with van der Waals surface area (Å²) in [6, 6.07) is 0. The zero-order valence-corrected chi connectivity index (χ0v) is 7.89. The molecule has 1 aliphatic heterocycles. The Labute approximate surface area is 68.9 Å². The molecule has 2 nitrogen and oxygen atoms in total. The Balaban J connectivity index is 2.06. The zero-order valence-electron chi connectivity index (χ0n) is 7.89. The first-order valence-corrected chi connectivity index (χ1v) is 4.27. The maximum atomic E-state index is 5.44. The summed E-state index contributed by atoms with van der Waals surface area (Å²) in [4.78, 5) is 0. The molecule has 0 radical (unpaired) electrons. The van der Waals surface area contributed by atoms with Crippen molar-refractivity contribution < 1.29 is 9.47 Å². The Morgan fingerprint density at radius 3 is 2.45 bits per heavy atom. The highest BCUT2D eigenvalue weighted by molar-refractivity contribution is 4.94. The fourth-order valence-electron chi connectivity index (χ4n) is 1.24. The van der Waals surface area contributed by atoms with Crippen LogP contribution in [0.4, 0.5) is 0 Å². The highest BCUT2D eigenvalue weighted by atomic mass is 16.6. The molecule has 2 atom stereocenters. The van der Waals surface area contributed by atoms with E-state index < -0.39 is 0 Å². The molecule has 0 N–H and O–H groups in total. The maximum absolute atomic E-state index is 5.44. The van der Waals surface area contributed by atoms with Crippen LogP contribution in [0, 0.1) is 0 Å². The minimum absolute atomic E-state index is 0.146. The summed E-state index contributed by atoms with van der Waals surface area (Å²) < 4.78 is 10.6. The summed E-state index contributed by atoms with van der Waals surface area (Å²) in [5.74, 6) is 0. The van der Waals surface area contributed by atoms with Crippen LogP contribution in [0.3, 0.4) is 0 Å². The molecule has 1 fully saturated rings. The Hall–Kier alpha value is -0.0800. The number of hydrogen-bond donors (Lipinski definition) is 0. The van der Waals surface area contributed by atoms with Gasteiger partial charge in [0.15, 0.2) is 0 Å². The summed E-state index contributed by atoms with van der Waals surface area (Å²) in [5, 5.41) is 0. The van der Waals surface area contributed by atoms with Gasteiger partial charge in [-0.05, 0) is 33.6 Å². The zero-order chi connectivity index (χ0) is 8.48. The third-order valence-electron chi connectivity index (χ3n) is 2.40. The van der Waals surface area contributed by atoms with Crippen LogP contribution >= 0.6 is 0 Å². The lowest BCUT2D eigenvalue weighted by Crippen LogP contribution is -2.09. The van der Waals surface area contributed by atoms with E-state index in [1.165, 1.54) is 0 Å². The van der Waals surface area contributed by atoms with Crippen LogP contribution in [0.15, 0.2) is 0 Å². The molecule has 0 aliphatic carbocycles.